The lowest BCUT2D eigenvalue weighted by Gasteiger charge is -2.01. The van der Waals surface area contributed by atoms with Crippen molar-refractivity contribution in [1.82, 2.24) is 10.2 Å². The van der Waals surface area contributed by atoms with Gasteiger partial charge in [0.15, 0.2) is 0 Å². The van der Waals surface area contributed by atoms with Gasteiger partial charge in [0.25, 0.3) is 5.22 Å². The molecule has 0 aliphatic heterocycles. The Hall–Kier alpha value is -1.78. The van der Waals surface area contributed by atoms with Crippen LogP contribution in [0.5, 0.6) is 0 Å². The Bertz CT molecular complexity index is 771. The van der Waals surface area contributed by atoms with E-state index in [2.05, 4.69) is 41.4 Å². The quantitative estimate of drug-likeness (QED) is 0.578. The molecule has 2 aromatic carbocycles. The summed E-state index contributed by atoms with van der Waals surface area (Å²) >= 11 is 7.65. The normalized spacial score (nSPS) is 10.9. The molecule has 0 amide bonds. The van der Waals surface area contributed by atoms with Gasteiger partial charge in [-0.2, -0.15) is 0 Å². The van der Waals surface area contributed by atoms with E-state index in [4.69, 9.17) is 16.0 Å². The van der Waals surface area contributed by atoms with Gasteiger partial charge in [-0.25, -0.2) is 0 Å². The Labute approximate surface area is 145 Å². The Morgan fingerprint density at radius 3 is 2.48 bits per heavy atom. The SMILES string of the molecule is CCc1ccc(Cc2nnc(SCc3ccccc3Cl)o2)cc1. The summed E-state index contributed by atoms with van der Waals surface area (Å²) in [6.45, 7) is 2.15. The average molecular weight is 345 g/mol. The number of halogens is 1. The van der Waals surface area contributed by atoms with Crippen molar-refractivity contribution < 1.29 is 4.42 Å². The molecule has 0 saturated heterocycles. The molecule has 0 unspecified atom stereocenters. The van der Waals surface area contributed by atoms with Gasteiger partial charge in [0.2, 0.25) is 5.89 Å². The monoisotopic (exact) mass is 344 g/mol. The maximum absolute atomic E-state index is 6.15. The molecule has 1 heterocycles. The number of aryl methyl sites for hydroxylation is 1. The van der Waals surface area contributed by atoms with Crippen LogP contribution < -0.4 is 0 Å². The number of thioether (sulfide) groups is 1. The lowest BCUT2D eigenvalue weighted by Crippen LogP contribution is -1.89. The van der Waals surface area contributed by atoms with E-state index in [1.807, 2.05) is 24.3 Å². The molecule has 0 aliphatic carbocycles. The fourth-order valence-corrected chi connectivity index (χ4v) is 3.26. The van der Waals surface area contributed by atoms with Crippen molar-refractivity contribution >= 4 is 23.4 Å². The maximum Gasteiger partial charge on any atom is 0.276 e. The second-order valence-corrected chi connectivity index (χ2v) is 6.52. The molecule has 5 heteroatoms. The lowest BCUT2D eigenvalue weighted by atomic mass is 10.1. The molecular weight excluding hydrogens is 328 g/mol. The first-order chi connectivity index (χ1) is 11.2. The van der Waals surface area contributed by atoms with Crippen molar-refractivity contribution in [2.45, 2.75) is 30.7 Å². The molecule has 0 aliphatic rings. The number of aromatic nitrogens is 2. The molecular formula is C18H17ClN2OS. The van der Waals surface area contributed by atoms with Gasteiger partial charge >= 0.3 is 0 Å². The number of rotatable bonds is 6. The molecule has 0 N–H and O–H groups in total. The third-order valence-electron chi connectivity index (χ3n) is 3.54. The summed E-state index contributed by atoms with van der Waals surface area (Å²) in [5, 5.41) is 9.55. The van der Waals surface area contributed by atoms with E-state index >= 15 is 0 Å². The van der Waals surface area contributed by atoms with E-state index in [0.717, 1.165) is 17.0 Å². The Kier molecular flexibility index (Phi) is 5.36. The van der Waals surface area contributed by atoms with Crippen LogP contribution in [0.4, 0.5) is 0 Å². The first-order valence-electron chi connectivity index (χ1n) is 7.51. The fourth-order valence-electron chi connectivity index (χ4n) is 2.19. The van der Waals surface area contributed by atoms with E-state index in [9.17, 15) is 0 Å². The van der Waals surface area contributed by atoms with Gasteiger partial charge in [0.1, 0.15) is 0 Å². The fraction of sp³-hybridized carbons (Fsp3) is 0.222. The minimum absolute atomic E-state index is 0.574. The minimum atomic E-state index is 0.574. The van der Waals surface area contributed by atoms with Crippen molar-refractivity contribution in [1.29, 1.82) is 0 Å². The van der Waals surface area contributed by atoms with Gasteiger partial charge in [0.05, 0.1) is 6.42 Å². The zero-order chi connectivity index (χ0) is 16.1. The second kappa shape index (κ2) is 7.66. The highest BCUT2D eigenvalue weighted by atomic mass is 35.5. The molecule has 23 heavy (non-hydrogen) atoms. The number of hydrogen-bond donors (Lipinski definition) is 0. The maximum atomic E-state index is 6.15. The van der Waals surface area contributed by atoms with E-state index in [1.54, 1.807) is 0 Å². The van der Waals surface area contributed by atoms with Crippen molar-refractivity contribution in [2.75, 3.05) is 0 Å². The van der Waals surface area contributed by atoms with Crippen LogP contribution in [0.3, 0.4) is 0 Å². The predicted octanol–water partition coefficient (Wildman–Crippen LogP) is 5.17. The van der Waals surface area contributed by atoms with E-state index in [-0.39, 0.29) is 0 Å². The summed E-state index contributed by atoms with van der Waals surface area (Å²) in [6, 6.07) is 16.3. The molecule has 1 aromatic heterocycles. The zero-order valence-corrected chi connectivity index (χ0v) is 14.4. The molecule has 0 radical (unpaired) electrons. The molecule has 0 atom stereocenters. The van der Waals surface area contributed by atoms with Gasteiger partial charge in [-0.15, -0.1) is 10.2 Å². The predicted molar refractivity (Wildman–Crippen MR) is 93.9 cm³/mol. The van der Waals surface area contributed by atoms with Crippen LogP contribution in [-0.4, -0.2) is 10.2 Å². The van der Waals surface area contributed by atoms with Crippen molar-refractivity contribution in [3.8, 4) is 0 Å². The van der Waals surface area contributed by atoms with Crippen molar-refractivity contribution in [3.05, 3.63) is 76.1 Å². The average Bonchev–Trinajstić information content (AvgIpc) is 3.02. The first kappa shape index (κ1) is 16.1. The highest BCUT2D eigenvalue weighted by Gasteiger charge is 2.09. The van der Waals surface area contributed by atoms with Crippen LogP contribution >= 0.6 is 23.4 Å². The van der Waals surface area contributed by atoms with Gasteiger partial charge in [0, 0.05) is 10.8 Å². The molecule has 0 fully saturated rings. The largest absolute Gasteiger partial charge is 0.416 e. The van der Waals surface area contributed by atoms with Crippen molar-refractivity contribution in [3.63, 3.8) is 0 Å². The first-order valence-corrected chi connectivity index (χ1v) is 8.87. The molecule has 3 nitrogen and oxygen atoms in total. The van der Waals surface area contributed by atoms with E-state index < -0.39 is 0 Å². The highest BCUT2D eigenvalue weighted by molar-refractivity contribution is 7.98. The number of hydrogen-bond acceptors (Lipinski definition) is 4. The Morgan fingerprint density at radius 2 is 1.74 bits per heavy atom. The van der Waals surface area contributed by atoms with Gasteiger partial charge in [-0.05, 0) is 29.2 Å². The number of nitrogens with zero attached hydrogens (tertiary/aromatic N) is 2. The van der Waals surface area contributed by atoms with Gasteiger partial charge < -0.3 is 4.42 Å². The van der Waals surface area contributed by atoms with Crippen LogP contribution in [-0.2, 0) is 18.6 Å². The highest BCUT2D eigenvalue weighted by Crippen LogP contribution is 2.26. The van der Waals surface area contributed by atoms with Crippen molar-refractivity contribution in [2.24, 2.45) is 0 Å². The van der Waals surface area contributed by atoms with Crippen LogP contribution in [0.25, 0.3) is 0 Å². The summed E-state index contributed by atoms with van der Waals surface area (Å²) in [7, 11) is 0. The molecule has 0 saturated carbocycles. The minimum Gasteiger partial charge on any atom is -0.416 e. The molecule has 0 spiro atoms. The van der Waals surface area contributed by atoms with Gasteiger partial charge in [-0.1, -0.05) is 72.8 Å². The van der Waals surface area contributed by atoms with Gasteiger partial charge in [-0.3, -0.25) is 0 Å². The third-order valence-corrected chi connectivity index (χ3v) is 4.78. The summed E-state index contributed by atoms with van der Waals surface area (Å²) in [4.78, 5) is 0. The lowest BCUT2D eigenvalue weighted by molar-refractivity contribution is 0.420. The third kappa shape index (κ3) is 4.36. The topological polar surface area (TPSA) is 38.9 Å². The molecule has 118 valence electrons. The van der Waals surface area contributed by atoms with Crippen LogP contribution in [0.15, 0.2) is 58.2 Å². The van der Waals surface area contributed by atoms with Crippen LogP contribution in [0, 0.1) is 0 Å². The number of benzene rings is 2. The molecule has 0 bridgehead atoms. The van der Waals surface area contributed by atoms with E-state index in [1.165, 1.54) is 22.9 Å². The zero-order valence-electron chi connectivity index (χ0n) is 12.8. The summed E-state index contributed by atoms with van der Waals surface area (Å²) in [5.74, 6) is 1.35. The standard InChI is InChI=1S/C18H17ClN2OS/c1-2-13-7-9-14(10-8-13)11-17-20-21-18(22-17)23-12-15-5-3-4-6-16(15)19/h3-10H,2,11-12H2,1H3. The van der Waals surface area contributed by atoms with Crippen LogP contribution in [0.1, 0.15) is 29.5 Å². The summed E-state index contributed by atoms with van der Waals surface area (Å²) < 4.78 is 5.70. The Balaban J connectivity index is 1.60. The second-order valence-electron chi connectivity index (χ2n) is 5.19. The molecule has 3 rings (SSSR count). The Morgan fingerprint density at radius 1 is 1.00 bits per heavy atom. The molecule has 3 aromatic rings. The van der Waals surface area contributed by atoms with Crippen LogP contribution in [0.2, 0.25) is 5.02 Å². The summed E-state index contributed by atoms with van der Waals surface area (Å²) in [6.07, 6.45) is 1.70. The smallest absolute Gasteiger partial charge is 0.276 e. The van der Waals surface area contributed by atoms with E-state index in [0.29, 0.717) is 23.3 Å². The summed E-state index contributed by atoms with van der Waals surface area (Å²) in [5.41, 5.74) is 3.57.